The number of nitrogens with zero attached hydrogens (tertiary/aromatic N) is 4. The highest BCUT2D eigenvalue weighted by atomic mass is 16.3. The molecule has 0 saturated carbocycles. The minimum Gasteiger partial charge on any atom is -0.504 e. The highest BCUT2D eigenvalue weighted by Gasteiger charge is 2.20. The number of aromatic amines is 2. The van der Waals surface area contributed by atoms with Gasteiger partial charge in [0.05, 0.1) is 11.0 Å². The molecule has 0 radical (unpaired) electrons. The molecule has 0 atom stereocenters. The van der Waals surface area contributed by atoms with Crippen molar-refractivity contribution < 1.29 is 5.11 Å². The zero-order valence-electron chi connectivity index (χ0n) is 18.1. The van der Waals surface area contributed by atoms with Gasteiger partial charge in [-0.05, 0) is 35.9 Å². The SMILES string of the molecule is CN1CCN(Cc2ccc(-c3n[nH]c(-c4nc5cc6c(cc5[nH]4)CNC6)c3O)cc2)CC1. The van der Waals surface area contributed by atoms with Crippen molar-refractivity contribution in [2.75, 3.05) is 33.2 Å². The maximum atomic E-state index is 10.9. The number of fused-ring (bicyclic) bond motifs is 2. The number of piperazine rings is 1. The van der Waals surface area contributed by atoms with Crippen molar-refractivity contribution in [3.05, 3.63) is 53.1 Å². The maximum Gasteiger partial charge on any atom is 0.172 e. The van der Waals surface area contributed by atoms with Gasteiger partial charge in [-0.25, -0.2) is 4.98 Å². The summed E-state index contributed by atoms with van der Waals surface area (Å²) in [5, 5.41) is 21.6. The summed E-state index contributed by atoms with van der Waals surface area (Å²) in [4.78, 5) is 12.9. The number of imidazole rings is 1. The van der Waals surface area contributed by atoms with Crippen LogP contribution < -0.4 is 5.32 Å². The molecule has 0 spiro atoms. The molecule has 2 aliphatic rings. The first-order valence-corrected chi connectivity index (χ1v) is 11.1. The lowest BCUT2D eigenvalue weighted by molar-refractivity contribution is 0.148. The van der Waals surface area contributed by atoms with Crippen LogP contribution in [0.15, 0.2) is 36.4 Å². The van der Waals surface area contributed by atoms with Crippen LogP contribution in [0.25, 0.3) is 33.8 Å². The molecule has 4 N–H and O–H groups in total. The van der Waals surface area contributed by atoms with Crippen LogP contribution in [0.2, 0.25) is 0 Å². The van der Waals surface area contributed by atoms with Crippen LogP contribution in [-0.2, 0) is 19.6 Å². The molecule has 6 rings (SSSR count). The number of H-pyrrole nitrogens is 2. The number of rotatable bonds is 4. The lowest BCUT2D eigenvalue weighted by atomic mass is 10.1. The molecule has 0 unspecified atom stereocenters. The molecule has 1 fully saturated rings. The molecule has 164 valence electrons. The Morgan fingerprint density at radius 3 is 2.53 bits per heavy atom. The van der Waals surface area contributed by atoms with Gasteiger partial charge in [-0.15, -0.1) is 0 Å². The molecular weight excluding hydrogens is 402 g/mol. The second-order valence-corrected chi connectivity index (χ2v) is 8.90. The van der Waals surface area contributed by atoms with Crippen LogP contribution in [0.4, 0.5) is 0 Å². The Hall–Kier alpha value is -3.20. The van der Waals surface area contributed by atoms with Crippen LogP contribution in [0.1, 0.15) is 16.7 Å². The molecule has 8 heteroatoms. The molecule has 2 aliphatic heterocycles. The number of aromatic hydroxyl groups is 1. The Kier molecular flexibility index (Phi) is 4.71. The Morgan fingerprint density at radius 1 is 1.00 bits per heavy atom. The number of nitrogens with one attached hydrogen (secondary N) is 3. The lowest BCUT2D eigenvalue weighted by Gasteiger charge is -2.32. The fourth-order valence-corrected chi connectivity index (χ4v) is 4.66. The van der Waals surface area contributed by atoms with Crippen LogP contribution >= 0.6 is 0 Å². The van der Waals surface area contributed by atoms with Gasteiger partial charge in [0.1, 0.15) is 11.4 Å². The summed E-state index contributed by atoms with van der Waals surface area (Å²) in [7, 11) is 2.17. The quantitative estimate of drug-likeness (QED) is 0.398. The third-order valence-electron chi connectivity index (χ3n) is 6.64. The predicted octanol–water partition coefficient (Wildman–Crippen LogP) is 2.68. The Morgan fingerprint density at radius 2 is 1.75 bits per heavy atom. The average Bonchev–Trinajstić information content (AvgIpc) is 3.51. The van der Waals surface area contributed by atoms with Gasteiger partial charge in [0.15, 0.2) is 11.6 Å². The molecular formula is C24H27N7O. The predicted molar refractivity (Wildman–Crippen MR) is 124 cm³/mol. The highest BCUT2D eigenvalue weighted by molar-refractivity contribution is 5.83. The van der Waals surface area contributed by atoms with E-state index in [2.05, 4.69) is 66.6 Å². The molecule has 32 heavy (non-hydrogen) atoms. The van der Waals surface area contributed by atoms with Gasteiger partial charge in [-0.2, -0.15) is 5.10 Å². The number of hydrogen-bond acceptors (Lipinski definition) is 6. The fraction of sp³-hybridized carbons (Fsp3) is 0.333. The molecule has 8 nitrogen and oxygen atoms in total. The van der Waals surface area contributed by atoms with Gasteiger partial charge < -0.3 is 20.3 Å². The van der Waals surface area contributed by atoms with Crippen LogP contribution in [0, 0.1) is 0 Å². The van der Waals surface area contributed by atoms with E-state index in [1.807, 2.05) is 12.1 Å². The van der Waals surface area contributed by atoms with E-state index in [1.54, 1.807) is 0 Å². The van der Waals surface area contributed by atoms with Crippen molar-refractivity contribution in [1.29, 1.82) is 0 Å². The molecule has 0 aliphatic carbocycles. The fourth-order valence-electron chi connectivity index (χ4n) is 4.66. The van der Waals surface area contributed by atoms with Gasteiger partial charge in [0.2, 0.25) is 0 Å². The number of benzene rings is 2. The van der Waals surface area contributed by atoms with Gasteiger partial charge in [-0.3, -0.25) is 10.00 Å². The van der Waals surface area contributed by atoms with E-state index < -0.39 is 0 Å². The second kappa shape index (κ2) is 7.74. The Labute approximate surface area is 186 Å². The Bertz CT molecular complexity index is 1220. The van der Waals surface area contributed by atoms with Crippen molar-refractivity contribution in [1.82, 2.24) is 35.3 Å². The molecule has 4 heterocycles. The first-order valence-electron chi connectivity index (χ1n) is 11.1. The van der Waals surface area contributed by atoms with Crippen molar-refractivity contribution in [3.8, 4) is 28.5 Å². The standard InChI is InChI=1S/C24H27N7O/c1-30-6-8-31(9-7-30)14-15-2-4-16(5-3-15)21-23(32)22(29-28-21)24-26-19-10-17-12-25-13-18(17)11-20(19)27-24/h2-5,10-11,25,32H,6-9,12-14H2,1H3,(H,26,27)(H,28,29). The summed E-state index contributed by atoms with van der Waals surface area (Å²) in [5.41, 5.74) is 7.63. The van der Waals surface area contributed by atoms with Crippen LogP contribution in [0.3, 0.4) is 0 Å². The monoisotopic (exact) mass is 429 g/mol. The second-order valence-electron chi connectivity index (χ2n) is 8.90. The van der Waals surface area contributed by atoms with Gasteiger partial charge >= 0.3 is 0 Å². The molecule has 0 bridgehead atoms. The van der Waals surface area contributed by atoms with E-state index in [-0.39, 0.29) is 5.75 Å². The highest BCUT2D eigenvalue weighted by Crippen LogP contribution is 2.36. The summed E-state index contributed by atoms with van der Waals surface area (Å²) in [5.74, 6) is 0.713. The van der Waals surface area contributed by atoms with Crippen LogP contribution in [-0.4, -0.2) is 68.3 Å². The lowest BCUT2D eigenvalue weighted by Crippen LogP contribution is -2.43. The van der Waals surface area contributed by atoms with E-state index in [1.165, 1.54) is 16.7 Å². The van der Waals surface area contributed by atoms with E-state index in [0.29, 0.717) is 17.2 Å². The van der Waals surface area contributed by atoms with Crippen molar-refractivity contribution in [2.45, 2.75) is 19.6 Å². The average molecular weight is 430 g/mol. The van der Waals surface area contributed by atoms with Gasteiger partial charge in [0, 0.05) is 51.4 Å². The molecule has 2 aromatic carbocycles. The molecule has 1 saturated heterocycles. The van der Waals surface area contributed by atoms with Crippen molar-refractivity contribution >= 4 is 11.0 Å². The molecule has 0 amide bonds. The Balaban J connectivity index is 1.23. The summed E-state index contributed by atoms with van der Waals surface area (Å²) in [6.07, 6.45) is 0. The van der Waals surface area contributed by atoms with Gasteiger partial charge in [-0.1, -0.05) is 24.3 Å². The third kappa shape index (κ3) is 3.46. The van der Waals surface area contributed by atoms with Crippen molar-refractivity contribution in [2.24, 2.45) is 0 Å². The minimum atomic E-state index is 0.116. The van der Waals surface area contributed by atoms with E-state index in [4.69, 9.17) is 0 Å². The summed E-state index contributed by atoms with van der Waals surface area (Å²) < 4.78 is 0. The molecule has 2 aromatic heterocycles. The first-order chi connectivity index (χ1) is 15.6. The number of likely N-dealkylation sites (N-methyl/N-ethyl adjacent to an activating group) is 1. The van der Waals surface area contributed by atoms with Crippen LogP contribution in [0.5, 0.6) is 5.75 Å². The smallest absolute Gasteiger partial charge is 0.172 e. The normalized spacial score (nSPS) is 17.3. The molecule has 4 aromatic rings. The number of aromatic nitrogens is 4. The largest absolute Gasteiger partial charge is 0.504 e. The van der Waals surface area contributed by atoms with Gasteiger partial charge in [0.25, 0.3) is 0 Å². The zero-order valence-corrected chi connectivity index (χ0v) is 18.1. The first kappa shape index (κ1) is 19.5. The number of hydrogen-bond donors (Lipinski definition) is 4. The summed E-state index contributed by atoms with van der Waals surface area (Å²) >= 11 is 0. The van der Waals surface area contributed by atoms with E-state index in [9.17, 15) is 5.11 Å². The zero-order chi connectivity index (χ0) is 21.7. The summed E-state index contributed by atoms with van der Waals surface area (Å²) in [6.45, 7) is 7.12. The van der Waals surface area contributed by atoms with Crippen molar-refractivity contribution in [3.63, 3.8) is 0 Å². The maximum absolute atomic E-state index is 10.9. The third-order valence-corrected chi connectivity index (χ3v) is 6.64. The minimum absolute atomic E-state index is 0.116. The topological polar surface area (TPSA) is 96.1 Å². The van der Waals surface area contributed by atoms with E-state index in [0.717, 1.165) is 62.4 Å². The summed E-state index contributed by atoms with van der Waals surface area (Å²) in [6, 6.07) is 12.5. The van der Waals surface area contributed by atoms with E-state index >= 15 is 0 Å².